The highest BCUT2D eigenvalue weighted by Crippen LogP contribution is 2.39. The van der Waals surface area contributed by atoms with E-state index in [1.54, 1.807) is 6.07 Å². The van der Waals surface area contributed by atoms with Gasteiger partial charge in [0.05, 0.1) is 6.61 Å². The molecule has 2 N–H and O–H groups in total. The molecule has 2 unspecified atom stereocenters. The zero-order valence-electron chi connectivity index (χ0n) is 14.4. The minimum atomic E-state index is -1.10. The summed E-state index contributed by atoms with van der Waals surface area (Å²) in [5.41, 5.74) is 1.61. The van der Waals surface area contributed by atoms with E-state index in [2.05, 4.69) is 5.32 Å². The van der Waals surface area contributed by atoms with E-state index in [0.717, 1.165) is 11.1 Å². The summed E-state index contributed by atoms with van der Waals surface area (Å²) >= 11 is 0. The maximum absolute atomic E-state index is 12.2. The fourth-order valence-electron chi connectivity index (χ4n) is 3.22. The molecule has 0 aromatic heterocycles. The molecule has 0 radical (unpaired) electrons. The largest absolute Gasteiger partial charge is 0.493 e. The molecule has 2 aromatic rings. The van der Waals surface area contributed by atoms with E-state index in [-0.39, 0.29) is 12.5 Å². The second-order valence-electron chi connectivity index (χ2n) is 6.37. The number of aliphatic carboxylic acids is 1. The van der Waals surface area contributed by atoms with Crippen LogP contribution in [0.3, 0.4) is 0 Å². The molecule has 0 fully saturated rings. The third-order valence-corrected chi connectivity index (χ3v) is 4.50. The van der Waals surface area contributed by atoms with Crippen molar-refractivity contribution in [3.05, 3.63) is 65.7 Å². The standard InChI is InChI=1S/C20H21NO5/c1-13-11-25-16-10-6-5-9-15(16)17(13)18(19(22)23)21-20(24)26-12-14-7-3-2-4-8-14/h2-10,13,17-18H,11-12H2,1H3,(H,21,24)(H,22,23)/t13?,17?,18-/m0/s1. The average molecular weight is 355 g/mol. The van der Waals surface area contributed by atoms with Crippen molar-refractivity contribution in [2.24, 2.45) is 5.92 Å². The highest BCUT2D eigenvalue weighted by atomic mass is 16.5. The van der Waals surface area contributed by atoms with Gasteiger partial charge < -0.3 is 19.9 Å². The van der Waals surface area contributed by atoms with Crippen LogP contribution < -0.4 is 10.1 Å². The van der Waals surface area contributed by atoms with Gasteiger partial charge in [0, 0.05) is 11.5 Å². The predicted octanol–water partition coefficient (Wildman–Crippen LogP) is 3.18. The van der Waals surface area contributed by atoms with Gasteiger partial charge >= 0.3 is 12.1 Å². The van der Waals surface area contributed by atoms with Crippen molar-refractivity contribution in [2.75, 3.05) is 6.61 Å². The molecule has 1 amide bonds. The zero-order chi connectivity index (χ0) is 18.5. The number of rotatable bonds is 5. The van der Waals surface area contributed by atoms with Gasteiger partial charge in [0.2, 0.25) is 0 Å². The van der Waals surface area contributed by atoms with Crippen molar-refractivity contribution in [3.63, 3.8) is 0 Å². The van der Waals surface area contributed by atoms with Crippen LogP contribution >= 0.6 is 0 Å². The van der Waals surface area contributed by atoms with Crippen LogP contribution in [0.1, 0.15) is 24.0 Å². The van der Waals surface area contributed by atoms with Gasteiger partial charge in [-0.3, -0.25) is 0 Å². The summed E-state index contributed by atoms with van der Waals surface area (Å²) in [5.74, 6) is -0.918. The fourth-order valence-corrected chi connectivity index (χ4v) is 3.22. The molecule has 6 nitrogen and oxygen atoms in total. The smallest absolute Gasteiger partial charge is 0.408 e. The highest BCUT2D eigenvalue weighted by molar-refractivity contribution is 5.81. The zero-order valence-corrected chi connectivity index (χ0v) is 14.4. The Hall–Kier alpha value is -3.02. The lowest BCUT2D eigenvalue weighted by atomic mass is 9.80. The van der Waals surface area contributed by atoms with Crippen LogP contribution in [0, 0.1) is 5.92 Å². The molecule has 1 aliphatic rings. The first kappa shape index (κ1) is 17.8. The molecule has 0 aliphatic carbocycles. The molecule has 0 spiro atoms. The van der Waals surface area contributed by atoms with Crippen molar-refractivity contribution >= 4 is 12.1 Å². The Labute approximate surface area is 151 Å². The van der Waals surface area contributed by atoms with Crippen LogP contribution in [0.4, 0.5) is 4.79 Å². The van der Waals surface area contributed by atoms with E-state index in [0.29, 0.717) is 12.4 Å². The Bertz CT molecular complexity index is 777. The van der Waals surface area contributed by atoms with E-state index in [9.17, 15) is 14.7 Å². The summed E-state index contributed by atoms with van der Waals surface area (Å²) in [5, 5.41) is 12.2. The Morgan fingerprint density at radius 2 is 1.88 bits per heavy atom. The maximum atomic E-state index is 12.2. The predicted molar refractivity (Wildman–Crippen MR) is 95.0 cm³/mol. The van der Waals surface area contributed by atoms with E-state index < -0.39 is 24.0 Å². The lowest BCUT2D eigenvalue weighted by Gasteiger charge is -2.35. The van der Waals surface area contributed by atoms with Gasteiger partial charge in [-0.25, -0.2) is 9.59 Å². The van der Waals surface area contributed by atoms with Crippen molar-refractivity contribution < 1.29 is 24.2 Å². The van der Waals surface area contributed by atoms with E-state index in [1.165, 1.54) is 0 Å². The molecule has 0 saturated carbocycles. The summed E-state index contributed by atoms with van der Waals surface area (Å²) in [7, 11) is 0. The fraction of sp³-hybridized carbons (Fsp3) is 0.300. The van der Waals surface area contributed by atoms with E-state index in [1.807, 2.05) is 55.5 Å². The molecule has 3 atom stereocenters. The van der Waals surface area contributed by atoms with Crippen molar-refractivity contribution in [1.82, 2.24) is 5.32 Å². The third-order valence-electron chi connectivity index (χ3n) is 4.50. The van der Waals surface area contributed by atoms with E-state index in [4.69, 9.17) is 9.47 Å². The van der Waals surface area contributed by atoms with Gasteiger partial charge in [0.25, 0.3) is 0 Å². The number of fused-ring (bicyclic) bond motifs is 1. The highest BCUT2D eigenvalue weighted by Gasteiger charge is 2.39. The molecule has 1 heterocycles. The first-order valence-corrected chi connectivity index (χ1v) is 8.48. The number of alkyl carbamates (subject to hydrolysis) is 1. The second-order valence-corrected chi connectivity index (χ2v) is 6.37. The number of amides is 1. The Morgan fingerprint density at radius 1 is 1.19 bits per heavy atom. The van der Waals surface area contributed by atoms with Gasteiger partial charge in [-0.15, -0.1) is 0 Å². The Morgan fingerprint density at radius 3 is 2.62 bits per heavy atom. The number of hydrogen-bond acceptors (Lipinski definition) is 4. The van der Waals surface area contributed by atoms with Gasteiger partial charge in [0.1, 0.15) is 18.4 Å². The summed E-state index contributed by atoms with van der Waals surface area (Å²) in [6, 6.07) is 15.4. The molecule has 3 rings (SSSR count). The molecular formula is C20H21NO5. The topological polar surface area (TPSA) is 84.9 Å². The average Bonchev–Trinajstić information content (AvgIpc) is 2.65. The SMILES string of the molecule is CC1COc2ccccc2C1[C@H](NC(=O)OCc1ccccc1)C(=O)O. The quantitative estimate of drug-likeness (QED) is 0.860. The molecule has 26 heavy (non-hydrogen) atoms. The van der Waals surface area contributed by atoms with Crippen LogP contribution in [0.5, 0.6) is 5.75 Å². The molecule has 6 heteroatoms. The number of benzene rings is 2. The Balaban J connectivity index is 1.73. The van der Waals surface area contributed by atoms with Crippen molar-refractivity contribution in [2.45, 2.75) is 25.5 Å². The van der Waals surface area contributed by atoms with Crippen LogP contribution in [-0.4, -0.2) is 29.8 Å². The molecule has 2 aromatic carbocycles. The number of nitrogens with one attached hydrogen (secondary N) is 1. The minimum Gasteiger partial charge on any atom is -0.493 e. The Kier molecular flexibility index (Phi) is 5.41. The van der Waals surface area contributed by atoms with Crippen molar-refractivity contribution in [3.8, 4) is 5.75 Å². The molecule has 0 saturated heterocycles. The lowest BCUT2D eigenvalue weighted by Crippen LogP contribution is -2.48. The summed E-state index contributed by atoms with van der Waals surface area (Å²) in [6.45, 7) is 2.39. The van der Waals surface area contributed by atoms with Crippen LogP contribution in [-0.2, 0) is 16.1 Å². The minimum absolute atomic E-state index is 0.0691. The number of para-hydroxylation sites is 1. The lowest BCUT2D eigenvalue weighted by molar-refractivity contribution is -0.140. The number of carboxylic acid groups (broad SMARTS) is 1. The summed E-state index contributed by atoms with van der Waals surface area (Å²) in [6.07, 6.45) is -0.752. The summed E-state index contributed by atoms with van der Waals surface area (Å²) in [4.78, 5) is 24.0. The van der Waals surface area contributed by atoms with Crippen LogP contribution in [0.15, 0.2) is 54.6 Å². The molecular weight excluding hydrogens is 334 g/mol. The molecule has 136 valence electrons. The van der Waals surface area contributed by atoms with Crippen LogP contribution in [0.2, 0.25) is 0 Å². The molecule has 0 bridgehead atoms. The number of ether oxygens (including phenoxy) is 2. The van der Waals surface area contributed by atoms with Gasteiger partial charge in [0.15, 0.2) is 0 Å². The second kappa shape index (κ2) is 7.91. The van der Waals surface area contributed by atoms with Crippen LogP contribution in [0.25, 0.3) is 0 Å². The first-order chi connectivity index (χ1) is 12.6. The maximum Gasteiger partial charge on any atom is 0.408 e. The number of carbonyl (C=O) groups excluding carboxylic acids is 1. The van der Waals surface area contributed by atoms with Gasteiger partial charge in [-0.05, 0) is 17.5 Å². The van der Waals surface area contributed by atoms with Gasteiger partial charge in [-0.2, -0.15) is 0 Å². The first-order valence-electron chi connectivity index (χ1n) is 8.48. The van der Waals surface area contributed by atoms with Gasteiger partial charge in [-0.1, -0.05) is 55.5 Å². The number of carboxylic acids is 1. The monoisotopic (exact) mass is 355 g/mol. The molecule has 1 aliphatic heterocycles. The van der Waals surface area contributed by atoms with Crippen molar-refractivity contribution in [1.29, 1.82) is 0 Å². The van der Waals surface area contributed by atoms with E-state index >= 15 is 0 Å². The third kappa shape index (κ3) is 3.96. The number of carbonyl (C=O) groups is 2. The normalized spacial score (nSPS) is 19.6. The number of hydrogen-bond donors (Lipinski definition) is 2. The summed E-state index contributed by atoms with van der Waals surface area (Å²) < 4.78 is 10.8.